The highest BCUT2D eigenvalue weighted by Gasteiger charge is 2.39. The fourth-order valence-electron chi connectivity index (χ4n) is 2.41. The van der Waals surface area contributed by atoms with Gasteiger partial charge < -0.3 is 15.2 Å². The molecule has 2 atom stereocenters. The number of benzene rings is 1. The Morgan fingerprint density at radius 1 is 1.41 bits per heavy atom. The number of ether oxygens (including phenoxy) is 2. The van der Waals surface area contributed by atoms with Crippen molar-refractivity contribution in [1.29, 1.82) is 0 Å². The van der Waals surface area contributed by atoms with Gasteiger partial charge in [0.25, 0.3) is 0 Å². The van der Waals surface area contributed by atoms with Crippen molar-refractivity contribution in [2.45, 2.75) is 25.9 Å². The van der Waals surface area contributed by atoms with Crippen LogP contribution in [0.15, 0.2) is 30.3 Å². The highest BCUT2D eigenvalue weighted by atomic mass is 16.5. The molecule has 2 unspecified atom stereocenters. The van der Waals surface area contributed by atoms with Crippen molar-refractivity contribution in [2.75, 3.05) is 19.8 Å². The van der Waals surface area contributed by atoms with E-state index in [-0.39, 0.29) is 11.5 Å². The zero-order valence-electron chi connectivity index (χ0n) is 10.4. The van der Waals surface area contributed by atoms with E-state index < -0.39 is 0 Å². The molecule has 1 fully saturated rings. The van der Waals surface area contributed by atoms with Gasteiger partial charge in [-0.15, -0.1) is 0 Å². The Bertz CT molecular complexity index is 341. The van der Waals surface area contributed by atoms with Crippen LogP contribution < -0.4 is 10.5 Å². The van der Waals surface area contributed by atoms with Crippen LogP contribution >= 0.6 is 0 Å². The molecular formula is C14H21NO2. The van der Waals surface area contributed by atoms with Gasteiger partial charge in [0.15, 0.2) is 0 Å². The van der Waals surface area contributed by atoms with Crippen LogP contribution in [0.4, 0.5) is 0 Å². The standard InChI is InChI=1S/C14H21NO2/c1-12-14(11-15,7-9-16-12)8-10-17-13-5-3-2-4-6-13/h2-6,12H,7-11,15H2,1H3. The predicted octanol–water partition coefficient (Wildman–Crippen LogP) is 2.21. The molecule has 2 rings (SSSR count). The molecule has 1 aromatic carbocycles. The molecule has 3 nitrogen and oxygen atoms in total. The van der Waals surface area contributed by atoms with Gasteiger partial charge in [0.05, 0.1) is 12.7 Å². The first-order valence-electron chi connectivity index (χ1n) is 6.26. The fourth-order valence-corrected chi connectivity index (χ4v) is 2.41. The molecule has 0 saturated carbocycles. The lowest BCUT2D eigenvalue weighted by Crippen LogP contribution is -2.38. The second-order valence-electron chi connectivity index (χ2n) is 4.74. The summed E-state index contributed by atoms with van der Waals surface area (Å²) in [6, 6.07) is 9.90. The molecule has 2 N–H and O–H groups in total. The summed E-state index contributed by atoms with van der Waals surface area (Å²) in [5, 5.41) is 0. The fraction of sp³-hybridized carbons (Fsp3) is 0.571. The maximum Gasteiger partial charge on any atom is 0.119 e. The van der Waals surface area contributed by atoms with Crippen molar-refractivity contribution in [3.8, 4) is 5.75 Å². The Hall–Kier alpha value is -1.06. The van der Waals surface area contributed by atoms with E-state index in [1.807, 2.05) is 30.3 Å². The van der Waals surface area contributed by atoms with E-state index in [2.05, 4.69) is 6.92 Å². The third-order valence-corrected chi connectivity index (χ3v) is 3.85. The first kappa shape index (κ1) is 12.4. The third-order valence-electron chi connectivity index (χ3n) is 3.85. The molecule has 17 heavy (non-hydrogen) atoms. The first-order chi connectivity index (χ1) is 8.27. The van der Waals surface area contributed by atoms with E-state index in [1.165, 1.54) is 0 Å². The molecule has 1 aliphatic rings. The SMILES string of the molecule is CC1OCCC1(CN)CCOc1ccccc1. The van der Waals surface area contributed by atoms with Gasteiger partial charge in [-0.3, -0.25) is 0 Å². The summed E-state index contributed by atoms with van der Waals surface area (Å²) in [4.78, 5) is 0. The lowest BCUT2D eigenvalue weighted by molar-refractivity contribution is 0.0551. The van der Waals surface area contributed by atoms with Gasteiger partial charge in [-0.05, 0) is 31.9 Å². The molecule has 3 heteroatoms. The van der Waals surface area contributed by atoms with Crippen molar-refractivity contribution in [1.82, 2.24) is 0 Å². The van der Waals surface area contributed by atoms with Gasteiger partial charge in [0.2, 0.25) is 0 Å². The average Bonchev–Trinajstić information content (AvgIpc) is 2.73. The lowest BCUT2D eigenvalue weighted by Gasteiger charge is -2.30. The highest BCUT2D eigenvalue weighted by Crippen LogP contribution is 2.37. The Labute approximate surface area is 103 Å². The van der Waals surface area contributed by atoms with Crippen molar-refractivity contribution in [3.63, 3.8) is 0 Å². The molecule has 94 valence electrons. The molecule has 1 saturated heterocycles. The highest BCUT2D eigenvalue weighted by molar-refractivity contribution is 5.20. The van der Waals surface area contributed by atoms with Crippen LogP contribution in [0.25, 0.3) is 0 Å². The van der Waals surface area contributed by atoms with Gasteiger partial charge in [0, 0.05) is 18.6 Å². The number of hydrogen-bond donors (Lipinski definition) is 1. The van der Waals surface area contributed by atoms with E-state index in [1.54, 1.807) is 0 Å². The van der Waals surface area contributed by atoms with Crippen LogP contribution in [0.2, 0.25) is 0 Å². The van der Waals surface area contributed by atoms with Crippen molar-refractivity contribution in [2.24, 2.45) is 11.1 Å². The summed E-state index contributed by atoms with van der Waals surface area (Å²) < 4.78 is 11.4. The maximum atomic E-state index is 5.90. The molecule has 0 spiro atoms. The van der Waals surface area contributed by atoms with E-state index >= 15 is 0 Å². The first-order valence-corrected chi connectivity index (χ1v) is 6.26. The smallest absolute Gasteiger partial charge is 0.119 e. The lowest BCUT2D eigenvalue weighted by atomic mass is 9.79. The maximum absolute atomic E-state index is 5.90. The van der Waals surface area contributed by atoms with Gasteiger partial charge in [0.1, 0.15) is 5.75 Å². The van der Waals surface area contributed by atoms with Crippen LogP contribution in [0, 0.1) is 5.41 Å². The van der Waals surface area contributed by atoms with Crippen molar-refractivity contribution in [3.05, 3.63) is 30.3 Å². The monoisotopic (exact) mass is 235 g/mol. The quantitative estimate of drug-likeness (QED) is 0.851. The molecule has 1 aromatic rings. The van der Waals surface area contributed by atoms with E-state index in [0.717, 1.165) is 25.2 Å². The molecular weight excluding hydrogens is 214 g/mol. The zero-order chi connectivity index (χ0) is 12.1. The molecule has 0 radical (unpaired) electrons. The third kappa shape index (κ3) is 2.79. The minimum absolute atomic E-state index is 0.106. The van der Waals surface area contributed by atoms with Gasteiger partial charge in [-0.2, -0.15) is 0 Å². The molecule has 0 bridgehead atoms. The topological polar surface area (TPSA) is 44.5 Å². The van der Waals surface area contributed by atoms with Crippen molar-refractivity contribution >= 4 is 0 Å². The van der Waals surface area contributed by atoms with Crippen LogP contribution in [-0.2, 0) is 4.74 Å². The Balaban J connectivity index is 1.85. The minimum atomic E-state index is 0.106. The molecule has 0 amide bonds. The Kier molecular flexibility index (Phi) is 4.02. The summed E-state index contributed by atoms with van der Waals surface area (Å²) in [6.07, 6.45) is 2.24. The normalized spacial score (nSPS) is 28.2. The second-order valence-corrected chi connectivity index (χ2v) is 4.74. The molecule has 0 aliphatic carbocycles. The summed E-state index contributed by atoms with van der Waals surface area (Å²) in [6.45, 7) is 4.31. The van der Waals surface area contributed by atoms with Gasteiger partial charge in [-0.1, -0.05) is 18.2 Å². The van der Waals surface area contributed by atoms with Gasteiger partial charge >= 0.3 is 0 Å². The summed E-state index contributed by atoms with van der Waals surface area (Å²) in [7, 11) is 0. The zero-order valence-corrected chi connectivity index (χ0v) is 10.4. The second kappa shape index (κ2) is 5.52. The van der Waals surface area contributed by atoms with Crippen LogP contribution in [-0.4, -0.2) is 25.9 Å². The Morgan fingerprint density at radius 3 is 2.76 bits per heavy atom. The number of para-hydroxylation sites is 1. The minimum Gasteiger partial charge on any atom is -0.494 e. The largest absolute Gasteiger partial charge is 0.494 e. The van der Waals surface area contributed by atoms with Gasteiger partial charge in [-0.25, -0.2) is 0 Å². The van der Waals surface area contributed by atoms with E-state index in [0.29, 0.717) is 13.2 Å². The number of nitrogens with two attached hydrogens (primary N) is 1. The molecule has 0 aromatic heterocycles. The average molecular weight is 235 g/mol. The van der Waals surface area contributed by atoms with Crippen LogP contribution in [0.3, 0.4) is 0 Å². The number of rotatable bonds is 5. The Morgan fingerprint density at radius 2 is 2.18 bits per heavy atom. The van der Waals surface area contributed by atoms with E-state index in [4.69, 9.17) is 15.2 Å². The van der Waals surface area contributed by atoms with Crippen LogP contribution in [0.1, 0.15) is 19.8 Å². The predicted molar refractivity (Wildman–Crippen MR) is 68.1 cm³/mol. The molecule has 1 heterocycles. The van der Waals surface area contributed by atoms with E-state index in [9.17, 15) is 0 Å². The van der Waals surface area contributed by atoms with Crippen LogP contribution in [0.5, 0.6) is 5.75 Å². The summed E-state index contributed by atoms with van der Waals surface area (Å²) in [5.74, 6) is 0.922. The number of hydrogen-bond acceptors (Lipinski definition) is 3. The summed E-state index contributed by atoms with van der Waals surface area (Å²) in [5.41, 5.74) is 6.01. The molecule has 1 aliphatic heterocycles. The van der Waals surface area contributed by atoms with Crippen molar-refractivity contribution < 1.29 is 9.47 Å². The summed E-state index contributed by atoms with van der Waals surface area (Å²) >= 11 is 0.